The van der Waals surface area contributed by atoms with Crippen LogP contribution in [0.1, 0.15) is 0 Å². The summed E-state index contributed by atoms with van der Waals surface area (Å²) in [6.45, 7) is 0. The molecule has 0 radical (unpaired) electrons. The summed E-state index contributed by atoms with van der Waals surface area (Å²) < 4.78 is 0. The summed E-state index contributed by atoms with van der Waals surface area (Å²) in [7, 11) is 0. The van der Waals surface area contributed by atoms with Gasteiger partial charge in [0.05, 0.1) is 5.69 Å². The Morgan fingerprint density at radius 2 is 0.787 bits per heavy atom. The van der Waals surface area contributed by atoms with E-state index in [1.165, 1.54) is 65.3 Å². The Kier molecular flexibility index (Phi) is 6.54. The zero-order valence-electron chi connectivity index (χ0n) is 25.8. The summed E-state index contributed by atoms with van der Waals surface area (Å²) in [6.07, 6.45) is 0. The standard InChI is InChI=1S/C46H31N/c1-2-11-32(12-3-1)33-21-26-37(27-22-33)47(38-28-23-36(24-29-38)40-20-10-15-34-13-4-6-16-39(34)40)46-31-45-41-17-7-5-14-35(41)25-30-43(45)42-18-8-9-19-44(42)46/h1-31H. The molecule has 0 spiro atoms. The fourth-order valence-corrected chi connectivity index (χ4v) is 7.15. The fourth-order valence-electron chi connectivity index (χ4n) is 7.15. The van der Waals surface area contributed by atoms with E-state index in [9.17, 15) is 0 Å². The van der Waals surface area contributed by atoms with Crippen LogP contribution in [0.3, 0.4) is 0 Å². The zero-order chi connectivity index (χ0) is 31.2. The number of benzene rings is 9. The van der Waals surface area contributed by atoms with Crippen molar-refractivity contribution in [1.29, 1.82) is 0 Å². The Bertz CT molecular complexity index is 2540. The Morgan fingerprint density at radius 1 is 0.277 bits per heavy atom. The highest BCUT2D eigenvalue weighted by molar-refractivity contribution is 6.21. The van der Waals surface area contributed by atoms with E-state index in [4.69, 9.17) is 0 Å². The highest BCUT2D eigenvalue weighted by Gasteiger charge is 2.19. The number of hydrogen-bond donors (Lipinski definition) is 0. The van der Waals surface area contributed by atoms with Crippen molar-refractivity contribution < 1.29 is 0 Å². The van der Waals surface area contributed by atoms with Crippen molar-refractivity contribution in [3.8, 4) is 22.3 Å². The average molecular weight is 598 g/mol. The lowest BCUT2D eigenvalue weighted by molar-refractivity contribution is 1.30. The Morgan fingerprint density at radius 3 is 1.51 bits per heavy atom. The summed E-state index contributed by atoms with van der Waals surface area (Å²) in [5, 5.41) is 10.0. The predicted octanol–water partition coefficient (Wildman–Crippen LogP) is 13.1. The third kappa shape index (κ3) is 4.72. The van der Waals surface area contributed by atoms with E-state index >= 15 is 0 Å². The molecule has 0 aliphatic heterocycles. The quantitative estimate of drug-likeness (QED) is 0.178. The minimum absolute atomic E-state index is 1.12. The van der Waals surface area contributed by atoms with Crippen LogP contribution in [0.2, 0.25) is 0 Å². The number of fused-ring (bicyclic) bond motifs is 6. The molecular formula is C46H31N. The summed E-state index contributed by atoms with van der Waals surface area (Å²) >= 11 is 0. The highest BCUT2D eigenvalue weighted by atomic mass is 15.1. The maximum absolute atomic E-state index is 2.42. The maximum atomic E-state index is 2.42. The van der Waals surface area contributed by atoms with Crippen LogP contribution in [0.15, 0.2) is 188 Å². The van der Waals surface area contributed by atoms with Gasteiger partial charge in [0.15, 0.2) is 0 Å². The van der Waals surface area contributed by atoms with Crippen molar-refractivity contribution >= 4 is 60.2 Å². The van der Waals surface area contributed by atoms with Crippen LogP contribution in [0, 0.1) is 0 Å². The minimum atomic E-state index is 1.12. The topological polar surface area (TPSA) is 3.24 Å². The lowest BCUT2D eigenvalue weighted by Gasteiger charge is -2.28. The molecule has 1 heteroatoms. The second-order valence-corrected chi connectivity index (χ2v) is 12.1. The van der Waals surface area contributed by atoms with E-state index in [2.05, 4.69) is 193 Å². The first-order valence-corrected chi connectivity index (χ1v) is 16.2. The third-order valence-corrected chi connectivity index (χ3v) is 9.44. The summed E-state index contributed by atoms with van der Waals surface area (Å²) in [4.78, 5) is 2.42. The predicted molar refractivity (Wildman–Crippen MR) is 202 cm³/mol. The van der Waals surface area contributed by atoms with Gasteiger partial charge in [-0.25, -0.2) is 0 Å². The van der Waals surface area contributed by atoms with Crippen LogP contribution >= 0.6 is 0 Å². The molecule has 0 saturated heterocycles. The summed E-state index contributed by atoms with van der Waals surface area (Å²) in [5.41, 5.74) is 8.27. The lowest BCUT2D eigenvalue weighted by Crippen LogP contribution is -2.10. The van der Waals surface area contributed by atoms with Gasteiger partial charge < -0.3 is 4.90 Å². The molecule has 47 heavy (non-hydrogen) atoms. The van der Waals surface area contributed by atoms with Gasteiger partial charge in [-0.1, -0.05) is 158 Å². The molecule has 0 aromatic heterocycles. The molecular weight excluding hydrogens is 567 g/mol. The van der Waals surface area contributed by atoms with Gasteiger partial charge >= 0.3 is 0 Å². The molecule has 9 aromatic carbocycles. The number of rotatable bonds is 5. The van der Waals surface area contributed by atoms with Crippen molar-refractivity contribution in [3.63, 3.8) is 0 Å². The highest BCUT2D eigenvalue weighted by Crippen LogP contribution is 2.44. The van der Waals surface area contributed by atoms with E-state index in [1.807, 2.05) is 0 Å². The van der Waals surface area contributed by atoms with Gasteiger partial charge in [0, 0.05) is 16.8 Å². The van der Waals surface area contributed by atoms with Crippen molar-refractivity contribution in [1.82, 2.24) is 0 Å². The fraction of sp³-hybridized carbons (Fsp3) is 0. The van der Waals surface area contributed by atoms with Crippen molar-refractivity contribution in [2.24, 2.45) is 0 Å². The Hall–Kier alpha value is -6.18. The number of hydrogen-bond acceptors (Lipinski definition) is 1. The molecule has 0 aliphatic carbocycles. The van der Waals surface area contributed by atoms with Gasteiger partial charge in [-0.2, -0.15) is 0 Å². The second kappa shape index (κ2) is 11.3. The van der Waals surface area contributed by atoms with Crippen LogP contribution in [0.4, 0.5) is 17.1 Å². The van der Waals surface area contributed by atoms with E-state index in [-0.39, 0.29) is 0 Å². The first kappa shape index (κ1) is 27.2. The van der Waals surface area contributed by atoms with E-state index < -0.39 is 0 Å². The molecule has 1 nitrogen and oxygen atoms in total. The molecule has 9 aromatic rings. The largest absolute Gasteiger partial charge is 0.310 e. The SMILES string of the molecule is c1ccc(-c2ccc(N(c3ccc(-c4cccc5ccccc45)cc3)c3cc4c5ccccc5ccc4c4ccccc34)cc2)cc1. The molecule has 220 valence electrons. The number of anilines is 3. The smallest absolute Gasteiger partial charge is 0.0546 e. The van der Waals surface area contributed by atoms with Gasteiger partial charge in [-0.15, -0.1) is 0 Å². The van der Waals surface area contributed by atoms with E-state index in [0.29, 0.717) is 0 Å². The second-order valence-electron chi connectivity index (χ2n) is 12.1. The average Bonchev–Trinajstić information content (AvgIpc) is 3.15. The molecule has 0 N–H and O–H groups in total. The van der Waals surface area contributed by atoms with Crippen molar-refractivity contribution in [2.45, 2.75) is 0 Å². The van der Waals surface area contributed by atoms with Crippen LogP contribution in [-0.4, -0.2) is 0 Å². The molecule has 0 aliphatic rings. The minimum Gasteiger partial charge on any atom is -0.310 e. The van der Waals surface area contributed by atoms with Gasteiger partial charge in [0.1, 0.15) is 0 Å². The molecule has 0 bridgehead atoms. The third-order valence-electron chi connectivity index (χ3n) is 9.44. The Labute approximate surface area is 274 Å². The van der Waals surface area contributed by atoms with Crippen molar-refractivity contribution in [2.75, 3.05) is 4.90 Å². The molecule has 9 rings (SSSR count). The lowest BCUT2D eigenvalue weighted by atomic mass is 9.94. The molecule has 0 atom stereocenters. The first-order chi connectivity index (χ1) is 23.3. The summed E-state index contributed by atoms with van der Waals surface area (Å²) in [5.74, 6) is 0. The molecule has 0 amide bonds. The number of nitrogens with zero attached hydrogens (tertiary/aromatic N) is 1. The van der Waals surface area contributed by atoms with Crippen LogP contribution in [0.25, 0.3) is 65.3 Å². The molecule has 0 heterocycles. The van der Waals surface area contributed by atoms with Crippen LogP contribution in [-0.2, 0) is 0 Å². The Balaban J connectivity index is 1.27. The summed E-state index contributed by atoms with van der Waals surface area (Å²) in [6, 6.07) is 68.3. The normalized spacial score (nSPS) is 11.4. The maximum Gasteiger partial charge on any atom is 0.0546 e. The monoisotopic (exact) mass is 597 g/mol. The van der Waals surface area contributed by atoms with E-state index in [1.54, 1.807) is 0 Å². The van der Waals surface area contributed by atoms with Gasteiger partial charge in [-0.3, -0.25) is 0 Å². The van der Waals surface area contributed by atoms with Crippen molar-refractivity contribution in [3.05, 3.63) is 188 Å². The van der Waals surface area contributed by atoms with E-state index in [0.717, 1.165) is 17.1 Å². The first-order valence-electron chi connectivity index (χ1n) is 16.2. The molecule has 0 saturated carbocycles. The van der Waals surface area contributed by atoms with Crippen LogP contribution in [0.5, 0.6) is 0 Å². The molecule has 0 unspecified atom stereocenters. The molecule has 0 fully saturated rings. The van der Waals surface area contributed by atoms with Gasteiger partial charge in [0.2, 0.25) is 0 Å². The van der Waals surface area contributed by atoms with Crippen LogP contribution < -0.4 is 4.90 Å². The zero-order valence-corrected chi connectivity index (χ0v) is 25.8. The van der Waals surface area contributed by atoms with Gasteiger partial charge in [0.25, 0.3) is 0 Å². The van der Waals surface area contributed by atoms with Gasteiger partial charge in [-0.05, 0) is 90.3 Å².